The lowest BCUT2D eigenvalue weighted by Gasteiger charge is -2.07. The number of halogens is 1. The Morgan fingerprint density at radius 3 is 2.68 bits per heavy atom. The van der Waals surface area contributed by atoms with Gasteiger partial charge in [0.25, 0.3) is 11.5 Å². The summed E-state index contributed by atoms with van der Waals surface area (Å²) in [6, 6.07) is 11.6. The molecular weight excluding hydrogens is 327 g/mol. The normalized spacial score (nSPS) is 10.9. The Kier molecular flexibility index (Phi) is 3.42. The third-order valence-electron chi connectivity index (χ3n) is 3.68. The summed E-state index contributed by atoms with van der Waals surface area (Å²) in [6.45, 7) is 0. The number of nitrogens with one attached hydrogen (secondary N) is 2. The predicted molar refractivity (Wildman–Crippen MR) is 88.3 cm³/mol. The van der Waals surface area contributed by atoms with Crippen LogP contribution >= 0.6 is 0 Å². The number of hydrogen-bond donors (Lipinski definition) is 2. The Morgan fingerprint density at radius 1 is 1.16 bits per heavy atom. The summed E-state index contributed by atoms with van der Waals surface area (Å²) < 4.78 is 19.2. The van der Waals surface area contributed by atoms with Crippen molar-refractivity contribution < 1.29 is 13.7 Å². The van der Waals surface area contributed by atoms with Crippen molar-refractivity contribution in [1.29, 1.82) is 0 Å². The predicted octanol–water partition coefficient (Wildman–Crippen LogP) is 2.70. The molecular formula is C17H11FN4O3. The number of amides is 1. The zero-order valence-corrected chi connectivity index (χ0v) is 12.7. The number of aromatic amines is 1. The van der Waals surface area contributed by atoms with E-state index in [-0.39, 0.29) is 17.1 Å². The second kappa shape index (κ2) is 5.75. The van der Waals surface area contributed by atoms with Gasteiger partial charge in [-0.3, -0.25) is 14.2 Å². The van der Waals surface area contributed by atoms with Gasteiger partial charge in [-0.15, -0.1) is 0 Å². The van der Waals surface area contributed by atoms with E-state index in [1.165, 1.54) is 47.2 Å². The molecule has 0 atom stereocenters. The third kappa shape index (κ3) is 2.69. The van der Waals surface area contributed by atoms with Crippen LogP contribution in [-0.2, 0) is 0 Å². The molecule has 7 nitrogen and oxygen atoms in total. The summed E-state index contributed by atoms with van der Waals surface area (Å²) in [5, 5.41) is 6.84. The van der Waals surface area contributed by atoms with E-state index in [2.05, 4.69) is 20.0 Å². The van der Waals surface area contributed by atoms with E-state index in [0.717, 1.165) is 0 Å². The Morgan fingerprint density at radius 2 is 1.96 bits per heavy atom. The van der Waals surface area contributed by atoms with Gasteiger partial charge in [0, 0.05) is 17.5 Å². The van der Waals surface area contributed by atoms with Gasteiger partial charge in [0.1, 0.15) is 23.4 Å². The molecule has 0 unspecified atom stereocenters. The highest BCUT2D eigenvalue weighted by molar-refractivity contribution is 6.05. The smallest absolute Gasteiger partial charge is 0.273 e. The van der Waals surface area contributed by atoms with Gasteiger partial charge in [0.15, 0.2) is 5.82 Å². The number of anilines is 1. The van der Waals surface area contributed by atoms with E-state index in [9.17, 15) is 14.0 Å². The summed E-state index contributed by atoms with van der Waals surface area (Å²) in [5.74, 6) is -0.550. The van der Waals surface area contributed by atoms with Crippen LogP contribution in [0.3, 0.4) is 0 Å². The van der Waals surface area contributed by atoms with E-state index in [4.69, 9.17) is 0 Å². The van der Waals surface area contributed by atoms with Crippen molar-refractivity contribution in [2.75, 3.05) is 5.32 Å². The number of fused-ring (bicyclic) bond motifs is 1. The summed E-state index contributed by atoms with van der Waals surface area (Å²) in [4.78, 5) is 27.5. The number of rotatable bonds is 3. The molecule has 1 aromatic carbocycles. The molecule has 4 aromatic rings. The lowest BCUT2D eigenvalue weighted by Crippen LogP contribution is -2.17. The van der Waals surface area contributed by atoms with Crippen LogP contribution in [0.5, 0.6) is 0 Å². The van der Waals surface area contributed by atoms with Gasteiger partial charge >= 0.3 is 0 Å². The number of nitrogens with zero attached hydrogens (tertiary/aromatic N) is 2. The lowest BCUT2D eigenvalue weighted by molar-refractivity contribution is 0.102. The SMILES string of the molecule is O=C(Nc1ccon1)c1cc2ccc(=O)n(-c3ccc(F)cc3)c2[nH]1. The fraction of sp³-hybridized carbons (Fsp3) is 0. The van der Waals surface area contributed by atoms with E-state index >= 15 is 0 Å². The monoisotopic (exact) mass is 338 g/mol. The molecule has 0 aliphatic rings. The van der Waals surface area contributed by atoms with Gasteiger partial charge in [-0.05, 0) is 36.4 Å². The first-order valence-electron chi connectivity index (χ1n) is 7.34. The first kappa shape index (κ1) is 14.9. The van der Waals surface area contributed by atoms with Gasteiger partial charge in [-0.2, -0.15) is 0 Å². The Balaban J connectivity index is 1.80. The molecule has 3 heterocycles. The van der Waals surface area contributed by atoms with Crippen LogP contribution in [0.1, 0.15) is 10.5 Å². The minimum atomic E-state index is -0.428. The Bertz CT molecular complexity index is 1110. The van der Waals surface area contributed by atoms with Crippen molar-refractivity contribution in [3.05, 3.63) is 76.7 Å². The number of hydrogen-bond acceptors (Lipinski definition) is 4. The van der Waals surface area contributed by atoms with Crippen molar-refractivity contribution >= 4 is 22.8 Å². The fourth-order valence-electron chi connectivity index (χ4n) is 2.55. The molecule has 4 rings (SSSR count). The quantitative estimate of drug-likeness (QED) is 0.601. The zero-order chi connectivity index (χ0) is 17.4. The molecule has 0 saturated heterocycles. The zero-order valence-electron chi connectivity index (χ0n) is 12.7. The van der Waals surface area contributed by atoms with Crippen molar-refractivity contribution in [2.45, 2.75) is 0 Å². The van der Waals surface area contributed by atoms with E-state index in [1.807, 2.05) is 0 Å². The molecule has 1 amide bonds. The summed E-state index contributed by atoms with van der Waals surface area (Å²) in [7, 11) is 0. The van der Waals surface area contributed by atoms with Crippen LogP contribution in [0.2, 0.25) is 0 Å². The number of H-pyrrole nitrogens is 1. The van der Waals surface area contributed by atoms with Crippen LogP contribution in [0.4, 0.5) is 10.2 Å². The highest BCUT2D eigenvalue weighted by Gasteiger charge is 2.14. The number of pyridine rings is 1. The largest absolute Gasteiger partial charge is 0.363 e. The maximum absolute atomic E-state index is 13.1. The molecule has 0 radical (unpaired) electrons. The second-order valence-corrected chi connectivity index (χ2v) is 5.31. The minimum Gasteiger partial charge on any atom is -0.363 e. The van der Waals surface area contributed by atoms with E-state index in [1.54, 1.807) is 12.1 Å². The molecule has 25 heavy (non-hydrogen) atoms. The van der Waals surface area contributed by atoms with Crippen LogP contribution in [0.15, 0.2) is 64.1 Å². The van der Waals surface area contributed by atoms with Crippen LogP contribution in [-0.4, -0.2) is 20.6 Å². The lowest BCUT2D eigenvalue weighted by atomic mass is 10.2. The van der Waals surface area contributed by atoms with E-state index in [0.29, 0.717) is 16.7 Å². The molecule has 0 aliphatic carbocycles. The standard InChI is InChI=1S/C17H11FN4O3/c18-11-2-4-12(5-3-11)22-15(23)6-1-10-9-13(19-16(10)22)17(24)20-14-7-8-25-21-14/h1-9,19H,(H,20,21,24). The second-order valence-electron chi connectivity index (χ2n) is 5.31. The average molecular weight is 338 g/mol. The molecule has 2 N–H and O–H groups in total. The fourth-order valence-corrected chi connectivity index (χ4v) is 2.55. The Labute approximate surface area is 139 Å². The van der Waals surface area contributed by atoms with Crippen molar-refractivity contribution in [3.8, 4) is 5.69 Å². The third-order valence-corrected chi connectivity index (χ3v) is 3.68. The molecule has 0 fully saturated rings. The summed E-state index contributed by atoms with van der Waals surface area (Å²) in [5.41, 5.74) is 0.871. The van der Waals surface area contributed by atoms with Gasteiger partial charge in [0.05, 0.1) is 5.69 Å². The number of aromatic nitrogens is 3. The summed E-state index contributed by atoms with van der Waals surface area (Å²) >= 11 is 0. The van der Waals surface area contributed by atoms with Crippen molar-refractivity contribution in [2.24, 2.45) is 0 Å². The van der Waals surface area contributed by atoms with Crippen molar-refractivity contribution in [1.82, 2.24) is 14.7 Å². The van der Waals surface area contributed by atoms with Gasteiger partial charge < -0.3 is 14.8 Å². The molecule has 0 bridgehead atoms. The van der Waals surface area contributed by atoms with Crippen LogP contribution < -0.4 is 10.9 Å². The molecule has 3 aromatic heterocycles. The maximum atomic E-state index is 13.1. The average Bonchev–Trinajstić information content (AvgIpc) is 3.25. The number of benzene rings is 1. The van der Waals surface area contributed by atoms with E-state index < -0.39 is 11.7 Å². The number of carbonyl (C=O) groups is 1. The maximum Gasteiger partial charge on any atom is 0.273 e. The topological polar surface area (TPSA) is 92.9 Å². The molecule has 0 saturated carbocycles. The molecule has 124 valence electrons. The van der Waals surface area contributed by atoms with Crippen LogP contribution in [0.25, 0.3) is 16.7 Å². The van der Waals surface area contributed by atoms with Crippen LogP contribution in [0, 0.1) is 5.82 Å². The first-order valence-corrected chi connectivity index (χ1v) is 7.34. The number of carbonyl (C=O) groups excluding carboxylic acids is 1. The first-order chi connectivity index (χ1) is 12.1. The molecule has 0 spiro atoms. The van der Waals surface area contributed by atoms with Crippen molar-refractivity contribution in [3.63, 3.8) is 0 Å². The highest BCUT2D eigenvalue weighted by atomic mass is 19.1. The Hall–Kier alpha value is -3.68. The minimum absolute atomic E-state index is 0.250. The van der Waals surface area contributed by atoms with Gasteiger partial charge in [-0.1, -0.05) is 5.16 Å². The molecule has 8 heteroatoms. The van der Waals surface area contributed by atoms with Gasteiger partial charge in [-0.25, -0.2) is 4.39 Å². The summed E-state index contributed by atoms with van der Waals surface area (Å²) in [6.07, 6.45) is 1.34. The van der Waals surface area contributed by atoms with Gasteiger partial charge in [0.2, 0.25) is 0 Å². The molecule has 0 aliphatic heterocycles. The highest BCUT2D eigenvalue weighted by Crippen LogP contribution is 2.18.